The maximum atomic E-state index is 13.6. The Morgan fingerprint density at radius 1 is 1.39 bits per heavy atom. The van der Waals surface area contributed by atoms with Crippen LogP contribution in [-0.2, 0) is 5.41 Å². The van der Waals surface area contributed by atoms with Gasteiger partial charge in [0.15, 0.2) is 0 Å². The summed E-state index contributed by atoms with van der Waals surface area (Å²) in [6.45, 7) is 6.37. The predicted octanol–water partition coefficient (Wildman–Crippen LogP) is 2.24. The minimum Gasteiger partial charge on any atom is -0.396 e. The second kappa shape index (κ2) is 5.96. The van der Waals surface area contributed by atoms with Crippen LogP contribution in [0.3, 0.4) is 0 Å². The first-order chi connectivity index (χ1) is 8.36. The van der Waals surface area contributed by atoms with E-state index in [0.717, 1.165) is 5.56 Å². The number of carbonyl (C=O) groups excluding carboxylic acids is 1. The number of aliphatic hydroxyl groups excluding tert-OH is 1. The van der Waals surface area contributed by atoms with Gasteiger partial charge in [-0.25, -0.2) is 4.39 Å². The second-order valence-electron chi connectivity index (χ2n) is 5.28. The van der Waals surface area contributed by atoms with Crippen molar-refractivity contribution >= 4 is 5.91 Å². The topological polar surface area (TPSA) is 49.3 Å². The molecule has 1 aromatic carbocycles. The Morgan fingerprint density at radius 2 is 2.06 bits per heavy atom. The maximum Gasteiger partial charge on any atom is 0.254 e. The Bertz CT molecular complexity index is 424. The van der Waals surface area contributed by atoms with Crippen LogP contribution in [0.1, 0.15) is 43.1 Å². The molecule has 100 valence electrons. The molecular weight excluding hydrogens is 233 g/mol. The molecule has 0 fully saturated rings. The van der Waals surface area contributed by atoms with Gasteiger partial charge in [0, 0.05) is 13.2 Å². The van der Waals surface area contributed by atoms with Gasteiger partial charge in [-0.2, -0.15) is 0 Å². The second-order valence-corrected chi connectivity index (χ2v) is 5.28. The first kappa shape index (κ1) is 14.6. The van der Waals surface area contributed by atoms with Crippen LogP contribution in [0.4, 0.5) is 4.39 Å². The molecule has 0 aliphatic rings. The fourth-order valence-electron chi connectivity index (χ4n) is 1.54. The molecule has 0 heterocycles. The number of hydrogen-bond acceptors (Lipinski definition) is 2. The number of amides is 1. The summed E-state index contributed by atoms with van der Waals surface area (Å²) in [5.74, 6) is -0.962. The van der Waals surface area contributed by atoms with Gasteiger partial charge in [0.05, 0.1) is 5.56 Å². The van der Waals surface area contributed by atoms with E-state index in [1.807, 2.05) is 20.8 Å². The number of nitrogens with one attached hydrogen (secondary N) is 1. The molecule has 0 atom stereocenters. The number of hydrogen-bond donors (Lipinski definition) is 2. The van der Waals surface area contributed by atoms with Crippen LogP contribution in [0.5, 0.6) is 0 Å². The lowest BCUT2D eigenvalue weighted by Crippen LogP contribution is -2.26. The van der Waals surface area contributed by atoms with Gasteiger partial charge >= 0.3 is 0 Å². The lowest BCUT2D eigenvalue weighted by molar-refractivity contribution is 0.0947. The highest BCUT2D eigenvalue weighted by atomic mass is 19.1. The summed E-state index contributed by atoms with van der Waals surface area (Å²) < 4.78 is 13.6. The van der Waals surface area contributed by atoms with Crippen molar-refractivity contribution in [1.82, 2.24) is 5.32 Å². The van der Waals surface area contributed by atoms with Crippen molar-refractivity contribution in [2.24, 2.45) is 0 Å². The van der Waals surface area contributed by atoms with E-state index in [0.29, 0.717) is 13.0 Å². The van der Waals surface area contributed by atoms with E-state index in [4.69, 9.17) is 5.11 Å². The molecule has 0 unspecified atom stereocenters. The number of rotatable bonds is 4. The van der Waals surface area contributed by atoms with Crippen LogP contribution < -0.4 is 5.32 Å². The molecule has 1 aromatic rings. The van der Waals surface area contributed by atoms with Crippen LogP contribution in [0.25, 0.3) is 0 Å². The summed E-state index contributed by atoms with van der Waals surface area (Å²) in [4.78, 5) is 11.8. The normalized spacial score (nSPS) is 11.4. The number of benzene rings is 1. The lowest BCUT2D eigenvalue weighted by Gasteiger charge is -2.20. The summed E-state index contributed by atoms with van der Waals surface area (Å²) >= 11 is 0. The van der Waals surface area contributed by atoms with E-state index in [9.17, 15) is 9.18 Å². The number of carbonyl (C=O) groups is 1. The van der Waals surface area contributed by atoms with Gasteiger partial charge in [-0.05, 0) is 29.5 Å². The molecule has 0 spiro atoms. The van der Waals surface area contributed by atoms with E-state index >= 15 is 0 Å². The molecule has 1 amide bonds. The van der Waals surface area contributed by atoms with Gasteiger partial charge in [-0.3, -0.25) is 4.79 Å². The quantitative estimate of drug-likeness (QED) is 0.808. The van der Waals surface area contributed by atoms with Crippen LogP contribution >= 0.6 is 0 Å². The Balaban J connectivity index is 2.90. The van der Waals surface area contributed by atoms with Crippen molar-refractivity contribution in [2.75, 3.05) is 13.2 Å². The third-order valence-corrected chi connectivity index (χ3v) is 2.70. The zero-order valence-corrected chi connectivity index (χ0v) is 11.1. The summed E-state index contributed by atoms with van der Waals surface area (Å²) in [6.07, 6.45) is 0.465. The Labute approximate surface area is 107 Å². The molecule has 4 heteroatoms. The fourth-order valence-corrected chi connectivity index (χ4v) is 1.54. The van der Waals surface area contributed by atoms with E-state index in [1.54, 1.807) is 12.1 Å². The summed E-state index contributed by atoms with van der Waals surface area (Å²) in [5.41, 5.74) is 0.838. The van der Waals surface area contributed by atoms with Gasteiger partial charge < -0.3 is 10.4 Å². The highest BCUT2D eigenvalue weighted by Crippen LogP contribution is 2.24. The fraction of sp³-hybridized carbons (Fsp3) is 0.500. The number of aliphatic hydroxyl groups is 1. The molecule has 1 rings (SSSR count). The molecule has 0 saturated carbocycles. The van der Waals surface area contributed by atoms with Crippen molar-refractivity contribution in [3.05, 3.63) is 35.1 Å². The average molecular weight is 253 g/mol. The van der Waals surface area contributed by atoms with Crippen LogP contribution in [-0.4, -0.2) is 24.2 Å². The monoisotopic (exact) mass is 253 g/mol. The van der Waals surface area contributed by atoms with E-state index in [-0.39, 0.29) is 17.6 Å². The molecule has 0 aromatic heterocycles. The largest absolute Gasteiger partial charge is 0.396 e. The molecule has 0 aliphatic carbocycles. The van der Waals surface area contributed by atoms with E-state index < -0.39 is 11.7 Å². The highest BCUT2D eigenvalue weighted by Gasteiger charge is 2.18. The standard InChI is InChI=1S/C14H20FNO2/c1-14(2,3)10-5-6-12(15)11(9-10)13(18)16-7-4-8-17/h5-6,9,17H,4,7-8H2,1-3H3,(H,16,18). The predicted molar refractivity (Wildman–Crippen MR) is 69.1 cm³/mol. The molecule has 18 heavy (non-hydrogen) atoms. The lowest BCUT2D eigenvalue weighted by atomic mass is 9.86. The van der Waals surface area contributed by atoms with Gasteiger partial charge in [0.1, 0.15) is 5.82 Å². The molecular formula is C14H20FNO2. The number of halogens is 1. The van der Waals surface area contributed by atoms with Crippen LogP contribution in [0.2, 0.25) is 0 Å². The van der Waals surface area contributed by atoms with E-state index in [1.165, 1.54) is 6.07 Å². The third-order valence-electron chi connectivity index (χ3n) is 2.70. The van der Waals surface area contributed by atoms with Crippen LogP contribution in [0.15, 0.2) is 18.2 Å². The van der Waals surface area contributed by atoms with Gasteiger partial charge in [-0.15, -0.1) is 0 Å². The molecule has 2 N–H and O–H groups in total. The van der Waals surface area contributed by atoms with Crippen molar-refractivity contribution < 1.29 is 14.3 Å². The Kier molecular flexibility index (Phi) is 4.84. The van der Waals surface area contributed by atoms with E-state index in [2.05, 4.69) is 5.32 Å². The summed E-state index contributed by atoms with van der Waals surface area (Å²) in [7, 11) is 0. The zero-order chi connectivity index (χ0) is 13.8. The van der Waals surface area contributed by atoms with Crippen molar-refractivity contribution in [3.63, 3.8) is 0 Å². The first-order valence-electron chi connectivity index (χ1n) is 6.05. The highest BCUT2D eigenvalue weighted by molar-refractivity contribution is 5.94. The molecule has 3 nitrogen and oxygen atoms in total. The zero-order valence-electron chi connectivity index (χ0n) is 11.1. The molecule has 0 radical (unpaired) electrons. The smallest absolute Gasteiger partial charge is 0.254 e. The van der Waals surface area contributed by atoms with Gasteiger partial charge in [0.2, 0.25) is 0 Å². The van der Waals surface area contributed by atoms with Crippen molar-refractivity contribution in [2.45, 2.75) is 32.6 Å². The summed E-state index contributed by atoms with van der Waals surface area (Å²) in [5, 5.41) is 11.2. The van der Waals surface area contributed by atoms with Crippen molar-refractivity contribution in [3.8, 4) is 0 Å². The summed E-state index contributed by atoms with van der Waals surface area (Å²) in [6, 6.07) is 4.60. The Hall–Kier alpha value is -1.42. The van der Waals surface area contributed by atoms with Gasteiger partial charge in [-0.1, -0.05) is 26.8 Å². The minimum absolute atomic E-state index is 0.00475. The molecule has 0 bridgehead atoms. The SMILES string of the molecule is CC(C)(C)c1ccc(F)c(C(=O)NCCCO)c1. The van der Waals surface area contributed by atoms with Crippen molar-refractivity contribution in [1.29, 1.82) is 0 Å². The minimum atomic E-state index is -0.524. The molecule has 0 saturated heterocycles. The Morgan fingerprint density at radius 3 is 2.61 bits per heavy atom. The average Bonchev–Trinajstić information content (AvgIpc) is 2.28. The third kappa shape index (κ3) is 3.81. The molecule has 0 aliphatic heterocycles. The first-order valence-corrected chi connectivity index (χ1v) is 6.05. The maximum absolute atomic E-state index is 13.6. The van der Waals surface area contributed by atoms with Crippen LogP contribution in [0, 0.1) is 5.82 Å². The van der Waals surface area contributed by atoms with Gasteiger partial charge in [0.25, 0.3) is 5.91 Å².